The Kier molecular flexibility index (Phi) is 6.25. The number of thiocarbonyl (C=S) groups is 1. The van der Waals surface area contributed by atoms with E-state index in [1.807, 2.05) is 6.92 Å². The van der Waals surface area contributed by atoms with E-state index in [2.05, 4.69) is 10.0 Å². The summed E-state index contributed by atoms with van der Waals surface area (Å²) in [7, 11) is -3.74. The van der Waals surface area contributed by atoms with Crippen LogP contribution in [0.5, 0.6) is 0 Å². The van der Waals surface area contributed by atoms with Crippen LogP contribution in [0.2, 0.25) is 0 Å². The van der Waals surface area contributed by atoms with Gasteiger partial charge in [0.2, 0.25) is 15.9 Å². The van der Waals surface area contributed by atoms with Gasteiger partial charge in [0, 0.05) is 12.1 Å². The summed E-state index contributed by atoms with van der Waals surface area (Å²) >= 11 is 4.87. The zero-order valence-electron chi connectivity index (χ0n) is 12.0. The molecule has 4 N–H and O–H groups in total. The van der Waals surface area contributed by atoms with Crippen molar-refractivity contribution in [3.63, 3.8) is 0 Å². The van der Waals surface area contributed by atoms with E-state index in [4.69, 9.17) is 18.0 Å². The van der Waals surface area contributed by atoms with Crippen molar-refractivity contribution in [3.05, 3.63) is 29.3 Å². The van der Waals surface area contributed by atoms with E-state index in [0.29, 0.717) is 17.7 Å². The smallest absolute Gasteiger partial charge is 0.241 e. The Bertz CT molecular complexity index is 642. The topological polar surface area (TPSA) is 101 Å². The quantitative estimate of drug-likeness (QED) is 0.630. The molecular formula is C13H19N3O3S2. The number of rotatable bonds is 7. The van der Waals surface area contributed by atoms with E-state index in [-0.39, 0.29) is 22.3 Å². The summed E-state index contributed by atoms with van der Waals surface area (Å²) in [4.78, 5) is 11.7. The number of nitrogens with one attached hydrogen (secondary N) is 2. The molecule has 116 valence electrons. The third-order valence-electron chi connectivity index (χ3n) is 2.77. The molecule has 0 saturated carbocycles. The molecule has 0 saturated heterocycles. The Hall–Kier alpha value is -1.51. The number of carbonyl (C=O) groups is 1. The van der Waals surface area contributed by atoms with Gasteiger partial charge in [-0.25, -0.2) is 13.1 Å². The zero-order valence-corrected chi connectivity index (χ0v) is 13.6. The highest BCUT2D eigenvalue weighted by Gasteiger charge is 2.16. The van der Waals surface area contributed by atoms with E-state index in [1.165, 1.54) is 12.1 Å². The third-order valence-corrected chi connectivity index (χ3v) is 4.39. The normalized spacial score (nSPS) is 11.1. The molecule has 21 heavy (non-hydrogen) atoms. The van der Waals surface area contributed by atoms with Crippen LogP contribution in [0.3, 0.4) is 0 Å². The van der Waals surface area contributed by atoms with Crippen LogP contribution in [0.25, 0.3) is 0 Å². The Balaban J connectivity index is 2.81. The van der Waals surface area contributed by atoms with Crippen molar-refractivity contribution in [1.82, 2.24) is 10.0 Å². The molecule has 0 unspecified atom stereocenters. The third kappa shape index (κ3) is 5.07. The first-order valence-corrected chi connectivity index (χ1v) is 8.34. The number of benzene rings is 1. The lowest BCUT2D eigenvalue weighted by Crippen LogP contribution is -2.37. The van der Waals surface area contributed by atoms with E-state index in [1.54, 1.807) is 13.0 Å². The van der Waals surface area contributed by atoms with Gasteiger partial charge in [-0.2, -0.15) is 0 Å². The summed E-state index contributed by atoms with van der Waals surface area (Å²) in [6.45, 7) is 3.86. The van der Waals surface area contributed by atoms with Crippen LogP contribution in [-0.4, -0.2) is 32.4 Å². The lowest BCUT2D eigenvalue weighted by atomic mass is 10.1. The monoisotopic (exact) mass is 329 g/mol. The number of hydrogen-bond acceptors (Lipinski definition) is 4. The van der Waals surface area contributed by atoms with Crippen LogP contribution in [0.15, 0.2) is 23.1 Å². The van der Waals surface area contributed by atoms with Crippen LogP contribution in [0.4, 0.5) is 0 Å². The maximum Gasteiger partial charge on any atom is 0.241 e. The van der Waals surface area contributed by atoms with Crippen LogP contribution in [0.1, 0.15) is 24.5 Å². The average molecular weight is 329 g/mol. The SMILES string of the molecule is CCCNC(=O)CNS(=O)(=O)c1ccc(C(N)=S)c(C)c1. The zero-order chi connectivity index (χ0) is 16.0. The van der Waals surface area contributed by atoms with Crippen LogP contribution in [-0.2, 0) is 14.8 Å². The van der Waals surface area contributed by atoms with Crippen molar-refractivity contribution in [2.24, 2.45) is 5.73 Å². The van der Waals surface area contributed by atoms with Crippen LogP contribution in [0, 0.1) is 6.92 Å². The van der Waals surface area contributed by atoms with Crippen molar-refractivity contribution in [1.29, 1.82) is 0 Å². The molecule has 6 nitrogen and oxygen atoms in total. The lowest BCUT2D eigenvalue weighted by Gasteiger charge is -2.10. The standard InChI is InChI=1S/C13H19N3O3S2/c1-3-6-15-12(17)8-16-21(18,19)10-4-5-11(13(14)20)9(2)7-10/h4-5,7,16H,3,6,8H2,1-2H3,(H2,14,20)(H,15,17). The molecule has 1 amide bonds. The molecule has 0 atom stereocenters. The summed E-state index contributed by atoms with van der Waals surface area (Å²) in [5.41, 5.74) is 6.83. The van der Waals surface area contributed by atoms with Crippen LogP contribution >= 0.6 is 12.2 Å². The fraction of sp³-hybridized carbons (Fsp3) is 0.385. The summed E-state index contributed by atoms with van der Waals surface area (Å²) in [6, 6.07) is 4.44. The Morgan fingerprint density at radius 1 is 1.38 bits per heavy atom. The van der Waals surface area contributed by atoms with Crippen molar-refractivity contribution in [3.8, 4) is 0 Å². The minimum atomic E-state index is -3.74. The first-order valence-electron chi connectivity index (χ1n) is 6.44. The molecular weight excluding hydrogens is 310 g/mol. The molecule has 1 rings (SSSR count). The average Bonchev–Trinajstić information content (AvgIpc) is 2.42. The number of sulfonamides is 1. The molecule has 8 heteroatoms. The molecule has 0 heterocycles. The molecule has 0 aromatic heterocycles. The summed E-state index contributed by atoms with van der Waals surface area (Å²) in [5, 5.41) is 2.59. The van der Waals surface area contributed by atoms with Gasteiger partial charge in [0.25, 0.3) is 0 Å². The van der Waals surface area contributed by atoms with E-state index < -0.39 is 10.0 Å². The first kappa shape index (κ1) is 17.5. The van der Waals surface area contributed by atoms with Gasteiger partial charge in [-0.15, -0.1) is 0 Å². The molecule has 0 fully saturated rings. The number of nitrogens with two attached hydrogens (primary N) is 1. The summed E-state index contributed by atoms with van der Waals surface area (Å²) in [5.74, 6) is -0.364. The molecule has 1 aromatic carbocycles. The highest BCUT2D eigenvalue weighted by atomic mass is 32.2. The number of aryl methyl sites for hydroxylation is 1. The van der Waals surface area contributed by atoms with E-state index >= 15 is 0 Å². The van der Waals surface area contributed by atoms with Crippen molar-refractivity contribution in [2.45, 2.75) is 25.2 Å². The summed E-state index contributed by atoms with van der Waals surface area (Å²) in [6.07, 6.45) is 0.790. The van der Waals surface area contributed by atoms with Gasteiger partial charge in [-0.3, -0.25) is 4.79 Å². The van der Waals surface area contributed by atoms with Crippen LogP contribution < -0.4 is 15.8 Å². The second kappa shape index (κ2) is 7.48. The molecule has 0 spiro atoms. The molecule has 0 aliphatic carbocycles. The number of hydrogen-bond donors (Lipinski definition) is 3. The van der Waals surface area contributed by atoms with Crippen molar-refractivity contribution in [2.75, 3.05) is 13.1 Å². The maximum atomic E-state index is 12.1. The first-order chi connectivity index (χ1) is 9.77. The Morgan fingerprint density at radius 2 is 2.05 bits per heavy atom. The molecule has 0 aliphatic rings. The van der Waals surface area contributed by atoms with E-state index in [9.17, 15) is 13.2 Å². The van der Waals surface area contributed by atoms with Gasteiger partial charge >= 0.3 is 0 Å². The number of carbonyl (C=O) groups excluding carboxylic acids is 1. The predicted octanol–water partition coefficient (Wildman–Crippen LogP) is 0.434. The number of amides is 1. The summed E-state index contributed by atoms with van der Waals surface area (Å²) < 4.78 is 26.4. The minimum absolute atomic E-state index is 0.0725. The highest BCUT2D eigenvalue weighted by molar-refractivity contribution is 7.89. The molecule has 0 radical (unpaired) electrons. The van der Waals surface area contributed by atoms with Gasteiger partial charge in [0.05, 0.1) is 11.4 Å². The largest absolute Gasteiger partial charge is 0.389 e. The van der Waals surface area contributed by atoms with Gasteiger partial charge in [0.1, 0.15) is 4.99 Å². The predicted molar refractivity (Wildman–Crippen MR) is 85.6 cm³/mol. The fourth-order valence-electron chi connectivity index (χ4n) is 1.65. The van der Waals surface area contributed by atoms with Crippen molar-refractivity contribution < 1.29 is 13.2 Å². The second-order valence-electron chi connectivity index (χ2n) is 4.52. The fourth-order valence-corrected chi connectivity index (χ4v) is 2.95. The van der Waals surface area contributed by atoms with Gasteiger partial charge in [-0.1, -0.05) is 25.2 Å². The Morgan fingerprint density at radius 3 is 2.57 bits per heavy atom. The maximum absolute atomic E-state index is 12.1. The molecule has 0 aliphatic heterocycles. The van der Waals surface area contributed by atoms with E-state index in [0.717, 1.165) is 6.42 Å². The minimum Gasteiger partial charge on any atom is -0.389 e. The van der Waals surface area contributed by atoms with Gasteiger partial charge < -0.3 is 11.1 Å². The van der Waals surface area contributed by atoms with Crippen molar-refractivity contribution >= 4 is 33.1 Å². The lowest BCUT2D eigenvalue weighted by molar-refractivity contribution is -0.119. The Labute approximate surface area is 130 Å². The molecule has 0 bridgehead atoms. The molecule has 1 aromatic rings. The van der Waals surface area contributed by atoms with Gasteiger partial charge in [0.15, 0.2) is 0 Å². The van der Waals surface area contributed by atoms with Gasteiger partial charge in [-0.05, 0) is 31.0 Å². The highest BCUT2D eigenvalue weighted by Crippen LogP contribution is 2.15. The second-order valence-corrected chi connectivity index (χ2v) is 6.72.